The van der Waals surface area contributed by atoms with E-state index in [2.05, 4.69) is 5.32 Å². The maximum Gasteiger partial charge on any atom is 0.501 e. The molecule has 0 radical (unpaired) electrons. The van der Waals surface area contributed by atoms with Crippen molar-refractivity contribution in [3.8, 4) is 0 Å². The first-order valence-corrected chi connectivity index (χ1v) is 8.08. The van der Waals surface area contributed by atoms with Crippen molar-refractivity contribution in [1.82, 2.24) is 0 Å². The van der Waals surface area contributed by atoms with E-state index >= 15 is 0 Å². The van der Waals surface area contributed by atoms with Gasteiger partial charge in [0.05, 0.1) is 16.3 Å². The molecular formula is C13H8F3NO2S2. The summed E-state index contributed by atoms with van der Waals surface area (Å²) in [6.45, 7) is 0. The Bertz CT molecular complexity index is 816. The topological polar surface area (TPSA) is 46.2 Å². The van der Waals surface area contributed by atoms with Crippen molar-refractivity contribution in [2.24, 2.45) is 0 Å². The van der Waals surface area contributed by atoms with Crippen LogP contribution in [0.5, 0.6) is 0 Å². The molecule has 1 N–H and O–H groups in total. The number of halogens is 3. The molecule has 1 heterocycles. The molecule has 3 rings (SSSR count). The molecule has 2 aromatic carbocycles. The van der Waals surface area contributed by atoms with E-state index in [-0.39, 0.29) is 0 Å². The molecule has 2 aromatic rings. The Hall–Kier alpha value is -1.67. The summed E-state index contributed by atoms with van der Waals surface area (Å²) < 4.78 is 60.6. The fourth-order valence-electron chi connectivity index (χ4n) is 1.92. The summed E-state index contributed by atoms with van der Waals surface area (Å²) in [5.74, 6) is 0. The van der Waals surface area contributed by atoms with E-state index in [0.29, 0.717) is 10.6 Å². The van der Waals surface area contributed by atoms with E-state index in [9.17, 15) is 21.6 Å². The quantitative estimate of drug-likeness (QED) is 0.726. The van der Waals surface area contributed by atoms with Crippen LogP contribution >= 0.6 is 11.8 Å². The van der Waals surface area contributed by atoms with Crippen LogP contribution in [0.4, 0.5) is 24.5 Å². The van der Waals surface area contributed by atoms with Crippen molar-refractivity contribution in [1.29, 1.82) is 0 Å². The third-order valence-electron chi connectivity index (χ3n) is 2.94. The van der Waals surface area contributed by atoms with E-state index in [0.717, 1.165) is 22.7 Å². The van der Waals surface area contributed by atoms with Gasteiger partial charge in [-0.1, -0.05) is 23.9 Å². The van der Waals surface area contributed by atoms with Gasteiger partial charge in [0.15, 0.2) is 0 Å². The number of hydrogen-bond acceptors (Lipinski definition) is 4. The minimum absolute atomic E-state index is 0.351. The second kappa shape index (κ2) is 4.67. The lowest BCUT2D eigenvalue weighted by Gasteiger charge is -2.21. The van der Waals surface area contributed by atoms with Crippen molar-refractivity contribution in [2.45, 2.75) is 20.2 Å². The van der Waals surface area contributed by atoms with Gasteiger partial charge in [0.2, 0.25) is 0 Å². The van der Waals surface area contributed by atoms with Gasteiger partial charge in [0, 0.05) is 9.79 Å². The lowest BCUT2D eigenvalue weighted by atomic mass is 10.2. The number of sulfone groups is 1. The molecule has 0 bridgehead atoms. The van der Waals surface area contributed by atoms with E-state index in [4.69, 9.17) is 0 Å². The van der Waals surface area contributed by atoms with Gasteiger partial charge in [-0.2, -0.15) is 13.2 Å². The number of benzene rings is 2. The van der Waals surface area contributed by atoms with Gasteiger partial charge in [-0.05, 0) is 30.3 Å². The molecule has 0 amide bonds. The fourth-order valence-corrected chi connectivity index (χ4v) is 3.68. The molecule has 0 saturated heterocycles. The van der Waals surface area contributed by atoms with E-state index in [1.165, 1.54) is 17.8 Å². The van der Waals surface area contributed by atoms with Crippen LogP contribution in [0.25, 0.3) is 0 Å². The first-order valence-electron chi connectivity index (χ1n) is 5.78. The summed E-state index contributed by atoms with van der Waals surface area (Å²) in [5.41, 5.74) is -4.22. The Balaban J connectivity index is 2.06. The van der Waals surface area contributed by atoms with Crippen molar-refractivity contribution in [2.75, 3.05) is 5.32 Å². The summed E-state index contributed by atoms with van der Waals surface area (Å²) in [6, 6.07) is 10.6. The molecular weight excluding hydrogens is 323 g/mol. The Morgan fingerprint density at radius 3 is 2.33 bits per heavy atom. The molecule has 1 aliphatic rings. The molecule has 8 heteroatoms. The summed E-state index contributed by atoms with van der Waals surface area (Å²) in [4.78, 5) is 0.840. The smallest absolute Gasteiger partial charge is 0.354 e. The number of anilines is 2. The predicted molar refractivity (Wildman–Crippen MR) is 73.5 cm³/mol. The number of hydrogen-bond donors (Lipinski definition) is 1. The highest BCUT2D eigenvalue weighted by molar-refractivity contribution is 7.99. The Morgan fingerprint density at radius 2 is 1.62 bits per heavy atom. The summed E-state index contributed by atoms with van der Waals surface area (Å²) in [7, 11) is -5.34. The highest BCUT2D eigenvalue weighted by Gasteiger charge is 2.47. The lowest BCUT2D eigenvalue weighted by molar-refractivity contribution is -0.0435. The average molecular weight is 331 g/mol. The number of nitrogens with one attached hydrogen (secondary N) is 1. The molecule has 0 saturated carbocycles. The molecule has 0 aromatic heterocycles. The minimum atomic E-state index is -5.34. The molecule has 0 unspecified atom stereocenters. The highest BCUT2D eigenvalue weighted by Crippen LogP contribution is 2.45. The van der Waals surface area contributed by atoms with E-state index < -0.39 is 20.2 Å². The third-order valence-corrected chi connectivity index (χ3v) is 5.58. The number of para-hydroxylation sites is 1. The monoisotopic (exact) mass is 331 g/mol. The van der Waals surface area contributed by atoms with Crippen molar-refractivity contribution in [3.63, 3.8) is 0 Å². The molecule has 0 atom stereocenters. The maximum atomic E-state index is 12.6. The standard InChI is InChI=1S/C13H8F3NO2S2/c14-13(15,16)21(18,19)8-5-6-12-10(7-8)17-9-3-1-2-4-11(9)20-12/h1-7,17H. The molecule has 21 heavy (non-hydrogen) atoms. The largest absolute Gasteiger partial charge is 0.501 e. The van der Waals surface area contributed by atoms with Gasteiger partial charge in [-0.15, -0.1) is 0 Å². The molecule has 0 aliphatic carbocycles. The summed E-state index contributed by atoms with van der Waals surface area (Å²) in [5, 5.41) is 2.95. The van der Waals surface area contributed by atoms with Crippen molar-refractivity contribution >= 4 is 33.0 Å². The molecule has 0 spiro atoms. The van der Waals surface area contributed by atoms with Crippen LogP contribution in [-0.4, -0.2) is 13.9 Å². The van der Waals surface area contributed by atoms with E-state index in [1.54, 1.807) is 12.1 Å². The Morgan fingerprint density at radius 1 is 0.952 bits per heavy atom. The van der Waals surface area contributed by atoms with Crippen molar-refractivity contribution < 1.29 is 21.6 Å². The molecule has 1 aliphatic heterocycles. The third kappa shape index (κ3) is 2.38. The van der Waals surface area contributed by atoms with Crippen LogP contribution in [0.3, 0.4) is 0 Å². The number of fused-ring (bicyclic) bond motifs is 2. The normalized spacial score (nSPS) is 14.0. The number of rotatable bonds is 1. The van der Waals surface area contributed by atoms with Crippen molar-refractivity contribution in [3.05, 3.63) is 42.5 Å². The SMILES string of the molecule is O=S(=O)(c1ccc2c(c1)Nc1ccccc1S2)C(F)(F)F. The molecule has 110 valence electrons. The fraction of sp³-hybridized carbons (Fsp3) is 0.0769. The average Bonchev–Trinajstić information content (AvgIpc) is 2.43. The first kappa shape index (κ1) is 14.3. The van der Waals surface area contributed by atoms with Crippen LogP contribution in [0.1, 0.15) is 0 Å². The summed E-state index contributed by atoms with van der Waals surface area (Å²) >= 11 is 1.37. The molecule has 3 nitrogen and oxygen atoms in total. The maximum absolute atomic E-state index is 12.6. The van der Waals surface area contributed by atoms with Gasteiger partial charge in [0.1, 0.15) is 0 Å². The van der Waals surface area contributed by atoms with Crippen LogP contribution in [-0.2, 0) is 9.84 Å². The minimum Gasteiger partial charge on any atom is -0.354 e. The Kier molecular flexibility index (Phi) is 3.18. The van der Waals surface area contributed by atoms with Crippen LogP contribution < -0.4 is 5.32 Å². The van der Waals surface area contributed by atoms with E-state index in [1.807, 2.05) is 12.1 Å². The zero-order chi connectivity index (χ0) is 15.3. The van der Waals surface area contributed by atoms with Crippen LogP contribution in [0.2, 0.25) is 0 Å². The zero-order valence-corrected chi connectivity index (χ0v) is 11.9. The Labute approximate surface area is 123 Å². The zero-order valence-electron chi connectivity index (χ0n) is 10.3. The summed E-state index contributed by atoms with van der Waals surface area (Å²) in [6.07, 6.45) is 0. The second-order valence-electron chi connectivity index (χ2n) is 4.33. The second-order valence-corrected chi connectivity index (χ2v) is 7.36. The number of alkyl halides is 3. The van der Waals surface area contributed by atoms with Gasteiger partial charge in [-0.25, -0.2) is 8.42 Å². The van der Waals surface area contributed by atoms with Gasteiger partial charge in [-0.3, -0.25) is 0 Å². The highest BCUT2D eigenvalue weighted by atomic mass is 32.2. The lowest BCUT2D eigenvalue weighted by Crippen LogP contribution is -2.23. The van der Waals surface area contributed by atoms with Crippen LogP contribution in [0.15, 0.2) is 57.2 Å². The van der Waals surface area contributed by atoms with Gasteiger partial charge in [0.25, 0.3) is 9.84 Å². The van der Waals surface area contributed by atoms with Gasteiger partial charge >= 0.3 is 5.51 Å². The van der Waals surface area contributed by atoms with Crippen LogP contribution in [0, 0.1) is 0 Å². The molecule has 0 fully saturated rings. The predicted octanol–water partition coefficient (Wildman–Crippen LogP) is 4.19. The van der Waals surface area contributed by atoms with Gasteiger partial charge < -0.3 is 5.32 Å². The first-order chi connectivity index (χ1) is 9.79.